The monoisotopic (exact) mass is 313 g/mol. The molecule has 1 saturated heterocycles. The first-order valence-electron chi connectivity index (χ1n) is 8.74. The van der Waals surface area contributed by atoms with Crippen LogP contribution in [0.4, 0.5) is 0 Å². The quantitative estimate of drug-likeness (QED) is 0.817. The summed E-state index contributed by atoms with van der Waals surface area (Å²) in [6, 6.07) is 10.5. The van der Waals surface area contributed by atoms with Gasteiger partial charge in [-0.05, 0) is 37.9 Å². The van der Waals surface area contributed by atoms with E-state index in [9.17, 15) is 4.79 Å². The Morgan fingerprint density at radius 2 is 2.17 bits per heavy atom. The minimum Gasteiger partial charge on any atom is -0.352 e. The Morgan fingerprint density at radius 1 is 1.30 bits per heavy atom. The fraction of sp³-hybridized carbons (Fsp3) is 0.526. The SMILES string of the molecule is O=C(NCC1=CCNCC1)C1CCCN(Cc2ccccc2)C1. The van der Waals surface area contributed by atoms with Crippen molar-refractivity contribution in [3.05, 3.63) is 47.5 Å². The van der Waals surface area contributed by atoms with Gasteiger partial charge in [0.15, 0.2) is 0 Å². The van der Waals surface area contributed by atoms with E-state index < -0.39 is 0 Å². The Bertz CT molecular complexity index is 541. The summed E-state index contributed by atoms with van der Waals surface area (Å²) >= 11 is 0. The topological polar surface area (TPSA) is 44.4 Å². The molecular formula is C19H27N3O. The molecule has 2 heterocycles. The summed E-state index contributed by atoms with van der Waals surface area (Å²) in [6.45, 7) is 5.59. The molecule has 2 N–H and O–H groups in total. The molecule has 1 fully saturated rings. The highest BCUT2D eigenvalue weighted by Crippen LogP contribution is 2.19. The highest BCUT2D eigenvalue weighted by molar-refractivity contribution is 5.79. The van der Waals surface area contributed by atoms with Crippen molar-refractivity contribution in [2.45, 2.75) is 25.8 Å². The number of carbonyl (C=O) groups is 1. The molecule has 3 rings (SSSR count). The predicted molar refractivity (Wildman–Crippen MR) is 93.0 cm³/mol. The zero-order valence-corrected chi connectivity index (χ0v) is 13.8. The fourth-order valence-corrected chi connectivity index (χ4v) is 3.43. The van der Waals surface area contributed by atoms with Crippen molar-refractivity contribution in [3.8, 4) is 0 Å². The Balaban J connectivity index is 1.47. The van der Waals surface area contributed by atoms with Crippen molar-refractivity contribution in [1.82, 2.24) is 15.5 Å². The van der Waals surface area contributed by atoms with Gasteiger partial charge in [-0.1, -0.05) is 42.0 Å². The second kappa shape index (κ2) is 8.27. The van der Waals surface area contributed by atoms with Gasteiger partial charge in [-0.2, -0.15) is 0 Å². The summed E-state index contributed by atoms with van der Waals surface area (Å²) in [5, 5.41) is 6.44. The third kappa shape index (κ3) is 4.91. The Kier molecular flexibility index (Phi) is 5.83. The third-order valence-corrected chi connectivity index (χ3v) is 4.77. The molecule has 1 unspecified atom stereocenters. The largest absolute Gasteiger partial charge is 0.352 e. The van der Waals surface area contributed by atoms with Gasteiger partial charge in [0.05, 0.1) is 5.92 Å². The Morgan fingerprint density at radius 3 is 2.96 bits per heavy atom. The summed E-state index contributed by atoms with van der Waals surface area (Å²) in [5.74, 6) is 0.358. The minimum absolute atomic E-state index is 0.134. The molecule has 0 saturated carbocycles. The number of nitrogens with zero attached hydrogens (tertiary/aromatic N) is 1. The number of hydrogen-bond acceptors (Lipinski definition) is 3. The number of benzene rings is 1. The molecule has 1 amide bonds. The number of rotatable bonds is 5. The van der Waals surface area contributed by atoms with E-state index in [1.165, 1.54) is 11.1 Å². The van der Waals surface area contributed by atoms with Crippen LogP contribution in [0.3, 0.4) is 0 Å². The van der Waals surface area contributed by atoms with Gasteiger partial charge in [-0.25, -0.2) is 0 Å². The van der Waals surface area contributed by atoms with E-state index in [0.717, 1.165) is 58.5 Å². The van der Waals surface area contributed by atoms with E-state index in [2.05, 4.69) is 45.9 Å². The van der Waals surface area contributed by atoms with Crippen LogP contribution >= 0.6 is 0 Å². The molecule has 2 aliphatic rings. The number of amides is 1. The fourth-order valence-electron chi connectivity index (χ4n) is 3.43. The zero-order valence-electron chi connectivity index (χ0n) is 13.8. The molecule has 23 heavy (non-hydrogen) atoms. The summed E-state index contributed by atoms with van der Waals surface area (Å²) < 4.78 is 0. The van der Waals surface area contributed by atoms with Crippen molar-refractivity contribution >= 4 is 5.91 Å². The first kappa shape index (κ1) is 16.2. The van der Waals surface area contributed by atoms with E-state index in [4.69, 9.17) is 0 Å². The molecule has 1 aromatic rings. The van der Waals surface area contributed by atoms with Gasteiger partial charge in [0, 0.05) is 26.2 Å². The molecule has 4 nitrogen and oxygen atoms in total. The van der Waals surface area contributed by atoms with Gasteiger partial charge in [0.1, 0.15) is 0 Å². The lowest BCUT2D eigenvalue weighted by atomic mass is 9.96. The van der Waals surface area contributed by atoms with Crippen LogP contribution in [0, 0.1) is 5.92 Å². The van der Waals surface area contributed by atoms with Gasteiger partial charge < -0.3 is 10.6 Å². The van der Waals surface area contributed by atoms with Crippen molar-refractivity contribution in [1.29, 1.82) is 0 Å². The van der Waals surface area contributed by atoms with Crippen LogP contribution in [-0.4, -0.2) is 43.5 Å². The van der Waals surface area contributed by atoms with Crippen LogP contribution in [0.5, 0.6) is 0 Å². The number of hydrogen-bond donors (Lipinski definition) is 2. The van der Waals surface area contributed by atoms with Crippen molar-refractivity contribution in [2.75, 3.05) is 32.7 Å². The van der Waals surface area contributed by atoms with E-state index in [0.29, 0.717) is 0 Å². The number of likely N-dealkylation sites (tertiary alicyclic amines) is 1. The van der Waals surface area contributed by atoms with Gasteiger partial charge in [0.2, 0.25) is 5.91 Å². The van der Waals surface area contributed by atoms with Crippen LogP contribution < -0.4 is 10.6 Å². The smallest absolute Gasteiger partial charge is 0.224 e. The van der Waals surface area contributed by atoms with E-state index >= 15 is 0 Å². The summed E-state index contributed by atoms with van der Waals surface area (Å²) in [7, 11) is 0. The van der Waals surface area contributed by atoms with Gasteiger partial charge in [0.25, 0.3) is 0 Å². The molecule has 1 atom stereocenters. The average Bonchev–Trinajstić information content (AvgIpc) is 2.62. The zero-order chi connectivity index (χ0) is 15.9. The maximum Gasteiger partial charge on any atom is 0.224 e. The molecule has 0 bridgehead atoms. The lowest BCUT2D eigenvalue weighted by Crippen LogP contribution is -2.43. The van der Waals surface area contributed by atoms with Gasteiger partial charge in [-0.3, -0.25) is 9.69 Å². The normalized spacial score (nSPS) is 22.4. The Labute approximate surface area is 138 Å². The lowest BCUT2D eigenvalue weighted by Gasteiger charge is -2.32. The standard InChI is InChI=1S/C19H27N3O/c23-19(21-13-16-8-10-20-11-9-16)18-7-4-12-22(15-18)14-17-5-2-1-3-6-17/h1-3,5-6,8,18,20H,4,7,9-15H2,(H,21,23). The number of carbonyl (C=O) groups excluding carboxylic acids is 1. The number of piperidine rings is 1. The van der Waals surface area contributed by atoms with E-state index in [-0.39, 0.29) is 11.8 Å². The molecule has 1 aromatic carbocycles. The van der Waals surface area contributed by atoms with Crippen LogP contribution in [0.2, 0.25) is 0 Å². The molecule has 0 radical (unpaired) electrons. The van der Waals surface area contributed by atoms with E-state index in [1.54, 1.807) is 0 Å². The average molecular weight is 313 g/mol. The Hall–Kier alpha value is -1.65. The first-order chi connectivity index (χ1) is 11.3. The number of nitrogens with one attached hydrogen (secondary N) is 2. The second-order valence-corrected chi connectivity index (χ2v) is 6.59. The molecule has 0 spiro atoms. The second-order valence-electron chi connectivity index (χ2n) is 6.59. The van der Waals surface area contributed by atoms with Crippen LogP contribution in [-0.2, 0) is 11.3 Å². The summed E-state index contributed by atoms with van der Waals surface area (Å²) in [5.41, 5.74) is 2.68. The molecule has 0 aliphatic carbocycles. The minimum atomic E-state index is 0.134. The highest BCUT2D eigenvalue weighted by atomic mass is 16.1. The third-order valence-electron chi connectivity index (χ3n) is 4.77. The van der Waals surface area contributed by atoms with Crippen LogP contribution in [0.1, 0.15) is 24.8 Å². The molecule has 124 valence electrons. The molecular weight excluding hydrogens is 286 g/mol. The maximum atomic E-state index is 12.5. The maximum absolute atomic E-state index is 12.5. The van der Waals surface area contributed by atoms with Crippen molar-refractivity contribution in [3.63, 3.8) is 0 Å². The van der Waals surface area contributed by atoms with Crippen molar-refractivity contribution < 1.29 is 4.79 Å². The first-order valence-corrected chi connectivity index (χ1v) is 8.74. The van der Waals surface area contributed by atoms with E-state index in [1.807, 2.05) is 6.07 Å². The molecule has 4 heteroatoms. The lowest BCUT2D eigenvalue weighted by molar-refractivity contribution is -0.126. The molecule has 2 aliphatic heterocycles. The predicted octanol–water partition coefficient (Wildman–Crippen LogP) is 1.93. The van der Waals surface area contributed by atoms with Gasteiger partial charge >= 0.3 is 0 Å². The summed E-state index contributed by atoms with van der Waals surface area (Å²) in [4.78, 5) is 14.9. The summed E-state index contributed by atoms with van der Waals surface area (Å²) in [6.07, 6.45) is 5.37. The van der Waals surface area contributed by atoms with Crippen molar-refractivity contribution in [2.24, 2.45) is 5.92 Å². The van der Waals surface area contributed by atoms with Gasteiger partial charge in [-0.15, -0.1) is 0 Å². The van der Waals surface area contributed by atoms with Crippen LogP contribution in [0.15, 0.2) is 42.0 Å². The van der Waals surface area contributed by atoms with Crippen LogP contribution in [0.25, 0.3) is 0 Å². The highest BCUT2D eigenvalue weighted by Gasteiger charge is 2.25. The molecule has 0 aromatic heterocycles.